The van der Waals surface area contributed by atoms with Crippen LogP contribution in [0.1, 0.15) is 49.1 Å². The van der Waals surface area contributed by atoms with Crippen LogP contribution in [0.3, 0.4) is 0 Å². The van der Waals surface area contributed by atoms with Gasteiger partial charge in [0.2, 0.25) is 5.91 Å². The van der Waals surface area contributed by atoms with E-state index in [1.54, 1.807) is 11.3 Å². The minimum Gasteiger partial charge on any atom is -0.492 e. The van der Waals surface area contributed by atoms with Crippen molar-refractivity contribution in [3.63, 3.8) is 0 Å². The third-order valence-electron chi connectivity index (χ3n) is 4.72. The Morgan fingerprint density at radius 3 is 2.85 bits per heavy atom. The number of anilines is 2. The van der Waals surface area contributed by atoms with E-state index in [1.165, 1.54) is 11.3 Å². The number of benzene rings is 1. The molecular formula is C21H25N3O2S. The first-order chi connectivity index (χ1) is 13.1. The number of amides is 1. The lowest BCUT2D eigenvalue weighted by atomic mass is 10.1. The predicted molar refractivity (Wildman–Crippen MR) is 110 cm³/mol. The van der Waals surface area contributed by atoms with Crippen molar-refractivity contribution in [1.82, 2.24) is 0 Å². The number of carbonyl (C=O) groups is 1. The highest BCUT2D eigenvalue weighted by Crippen LogP contribution is 2.37. The molecule has 0 radical (unpaired) electrons. The summed E-state index contributed by atoms with van der Waals surface area (Å²) in [6, 6.07) is 9.42. The van der Waals surface area contributed by atoms with Crippen LogP contribution >= 0.6 is 11.3 Å². The topological polar surface area (TPSA) is 74.2 Å². The Morgan fingerprint density at radius 1 is 1.30 bits per heavy atom. The molecule has 1 heterocycles. The van der Waals surface area contributed by atoms with Gasteiger partial charge in [-0.1, -0.05) is 18.6 Å². The maximum Gasteiger partial charge on any atom is 0.247 e. The predicted octanol–water partition coefficient (Wildman–Crippen LogP) is 4.73. The van der Waals surface area contributed by atoms with Crippen LogP contribution in [-0.2, 0) is 17.6 Å². The van der Waals surface area contributed by atoms with E-state index in [-0.39, 0.29) is 5.91 Å². The SMILES string of the molecule is CCOc1ccccc1N[C@@H](C)C(=O)Nc1sc2c(c1C#N)CCCCC2. The molecule has 0 fully saturated rings. The first-order valence-electron chi connectivity index (χ1n) is 9.48. The molecule has 0 spiro atoms. The summed E-state index contributed by atoms with van der Waals surface area (Å²) in [5.74, 6) is 0.564. The van der Waals surface area contributed by atoms with E-state index in [0.29, 0.717) is 17.2 Å². The number of fused-ring (bicyclic) bond motifs is 1. The van der Waals surface area contributed by atoms with Gasteiger partial charge < -0.3 is 15.4 Å². The van der Waals surface area contributed by atoms with Gasteiger partial charge in [-0.05, 0) is 57.2 Å². The van der Waals surface area contributed by atoms with Crippen molar-refractivity contribution in [2.24, 2.45) is 0 Å². The fourth-order valence-corrected chi connectivity index (χ4v) is 4.58. The van der Waals surface area contributed by atoms with Gasteiger partial charge in [0.1, 0.15) is 22.9 Å². The Balaban J connectivity index is 1.73. The maximum atomic E-state index is 12.7. The highest BCUT2D eigenvalue weighted by Gasteiger charge is 2.23. The largest absolute Gasteiger partial charge is 0.492 e. The smallest absolute Gasteiger partial charge is 0.247 e. The molecule has 1 atom stereocenters. The van der Waals surface area contributed by atoms with Crippen molar-refractivity contribution in [2.75, 3.05) is 17.2 Å². The van der Waals surface area contributed by atoms with E-state index in [4.69, 9.17) is 4.74 Å². The summed E-state index contributed by atoms with van der Waals surface area (Å²) in [6.45, 7) is 4.30. The van der Waals surface area contributed by atoms with Crippen LogP contribution < -0.4 is 15.4 Å². The fourth-order valence-electron chi connectivity index (χ4n) is 3.34. The van der Waals surface area contributed by atoms with Gasteiger partial charge in [0.25, 0.3) is 0 Å². The molecule has 5 nitrogen and oxygen atoms in total. The lowest BCUT2D eigenvalue weighted by Crippen LogP contribution is -2.32. The summed E-state index contributed by atoms with van der Waals surface area (Å²) in [4.78, 5) is 14.0. The molecule has 1 aromatic heterocycles. The Bertz CT molecular complexity index is 854. The standard InChI is InChI=1S/C21H25N3O2S/c1-3-26-18-11-8-7-10-17(18)23-14(2)20(25)24-21-16(13-22)15-9-5-4-6-12-19(15)27-21/h7-8,10-11,14,23H,3-6,9,12H2,1-2H3,(H,24,25)/t14-/m0/s1. The number of nitrogens with zero attached hydrogens (tertiary/aromatic N) is 1. The number of nitriles is 1. The highest BCUT2D eigenvalue weighted by molar-refractivity contribution is 7.16. The number of nitrogens with one attached hydrogen (secondary N) is 2. The van der Waals surface area contributed by atoms with Crippen LogP contribution in [0, 0.1) is 11.3 Å². The number of rotatable bonds is 6. The van der Waals surface area contributed by atoms with Crippen molar-refractivity contribution in [3.8, 4) is 11.8 Å². The average Bonchev–Trinajstić information content (AvgIpc) is 2.83. The molecule has 142 valence electrons. The fraction of sp³-hybridized carbons (Fsp3) is 0.429. The average molecular weight is 384 g/mol. The summed E-state index contributed by atoms with van der Waals surface area (Å²) < 4.78 is 5.60. The van der Waals surface area contributed by atoms with Crippen molar-refractivity contribution < 1.29 is 9.53 Å². The monoisotopic (exact) mass is 383 g/mol. The molecule has 1 amide bonds. The van der Waals surface area contributed by atoms with E-state index >= 15 is 0 Å². The zero-order valence-electron chi connectivity index (χ0n) is 15.8. The van der Waals surface area contributed by atoms with Gasteiger partial charge in [-0.2, -0.15) is 5.26 Å². The van der Waals surface area contributed by atoms with Crippen LogP contribution in [-0.4, -0.2) is 18.6 Å². The minimum atomic E-state index is -0.458. The number of hydrogen-bond donors (Lipinski definition) is 2. The molecule has 0 aliphatic heterocycles. The van der Waals surface area contributed by atoms with E-state index < -0.39 is 6.04 Å². The molecule has 0 saturated heterocycles. The minimum absolute atomic E-state index is 0.158. The van der Waals surface area contributed by atoms with Crippen LogP contribution in [0.15, 0.2) is 24.3 Å². The summed E-state index contributed by atoms with van der Waals surface area (Å²) in [5.41, 5.74) is 2.56. The summed E-state index contributed by atoms with van der Waals surface area (Å²) in [5, 5.41) is 16.5. The Morgan fingerprint density at radius 2 is 2.07 bits per heavy atom. The number of hydrogen-bond acceptors (Lipinski definition) is 5. The maximum absolute atomic E-state index is 12.7. The molecule has 6 heteroatoms. The Labute approximate surface area is 164 Å². The van der Waals surface area contributed by atoms with Gasteiger partial charge in [-0.3, -0.25) is 4.79 Å². The molecule has 2 N–H and O–H groups in total. The zero-order chi connectivity index (χ0) is 19.2. The van der Waals surface area contributed by atoms with Crippen LogP contribution in [0.25, 0.3) is 0 Å². The van der Waals surface area contributed by atoms with Gasteiger partial charge >= 0.3 is 0 Å². The summed E-state index contributed by atoms with van der Waals surface area (Å²) in [6.07, 6.45) is 5.39. The van der Waals surface area contributed by atoms with Gasteiger partial charge in [0, 0.05) is 4.88 Å². The van der Waals surface area contributed by atoms with E-state index in [9.17, 15) is 10.1 Å². The van der Waals surface area contributed by atoms with Crippen LogP contribution in [0.2, 0.25) is 0 Å². The molecule has 1 aliphatic rings. The first-order valence-corrected chi connectivity index (χ1v) is 10.3. The second kappa shape index (κ2) is 8.92. The molecule has 2 aromatic rings. The third-order valence-corrected chi connectivity index (χ3v) is 5.93. The third kappa shape index (κ3) is 4.42. The second-order valence-electron chi connectivity index (χ2n) is 6.66. The first kappa shape index (κ1) is 19.2. The van der Waals surface area contributed by atoms with Crippen molar-refractivity contribution in [3.05, 3.63) is 40.3 Å². The number of aryl methyl sites for hydroxylation is 1. The van der Waals surface area contributed by atoms with Crippen molar-refractivity contribution >= 4 is 27.9 Å². The molecule has 0 bridgehead atoms. The molecule has 1 aromatic carbocycles. The number of carbonyl (C=O) groups excluding carboxylic acids is 1. The van der Waals surface area contributed by atoms with Crippen LogP contribution in [0.4, 0.5) is 10.7 Å². The summed E-state index contributed by atoms with van der Waals surface area (Å²) >= 11 is 1.56. The second-order valence-corrected chi connectivity index (χ2v) is 7.77. The lowest BCUT2D eigenvalue weighted by molar-refractivity contribution is -0.116. The molecule has 1 aliphatic carbocycles. The lowest BCUT2D eigenvalue weighted by Gasteiger charge is -2.17. The van der Waals surface area contributed by atoms with E-state index in [1.807, 2.05) is 38.1 Å². The number of thiophene rings is 1. The van der Waals surface area contributed by atoms with Crippen LogP contribution in [0.5, 0.6) is 5.75 Å². The molecule has 0 unspecified atom stereocenters. The molecule has 27 heavy (non-hydrogen) atoms. The number of para-hydroxylation sites is 2. The van der Waals surface area contributed by atoms with E-state index in [2.05, 4.69) is 16.7 Å². The summed E-state index contributed by atoms with van der Waals surface area (Å²) in [7, 11) is 0. The van der Waals surface area contributed by atoms with Gasteiger partial charge in [0.15, 0.2) is 0 Å². The number of ether oxygens (including phenoxy) is 1. The molecule has 0 saturated carbocycles. The zero-order valence-corrected chi connectivity index (χ0v) is 16.6. The molecule has 3 rings (SSSR count). The normalized spacial score (nSPS) is 14.4. The molecular weight excluding hydrogens is 358 g/mol. The van der Waals surface area contributed by atoms with Gasteiger partial charge in [-0.25, -0.2) is 0 Å². The Kier molecular flexibility index (Phi) is 6.36. The highest BCUT2D eigenvalue weighted by atomic mass is 32.1. The van der Waals surface area contributed by atoms with Gasteiger partial charge in [0.05, 0.1) is 17.9 Å². The Hall–Kier alpha value is -2.52. The van der Waals surface area contributed by atoms with E-state index in [0.717, 1.165) is 42.7 Å². The van der Waals surface area contributed by atoms with Gasteiger partial charge in [-0.15, -0.1) is 11.3 Å². The quantitative estimate of drug-likeness (QED) is 0.708. The van der Waals surface area contributed by atoms with Crippen molar-refractivity contribution in [2.45, 2.75) is 52.0 Å². The van der Waals surface area contributed by atoms with Crippen molar-refractivity contribution in [1.29, 1.82) is 5.26 Å².